The van der Waals surface area contributed by atoms with Gasteiger partial charge in [-0.3, -0.25) is 9.69 Å². The molecule has 0 radical (unpaired) electrons. The molecule has 1 aromatic carbocycles. The van der Waals surface area contributed by atoms with Gasteiger partial charge in [-0.25, -0.2) is 0 Å². The van der Waals surface area contributed by atoms with Gasteiger partial charge in [-0.1, -0.05) is 6.07 Å². The summed E-state index contributed by atoms with van der Waals surface area (Å²) in [5, 5.41) is 3.46. The number of benzene rings is 1. The van der Waals surface area contributed by atoms with Crippen molar-refractivity contribution >= 4 is 18.3 Å². The first-order valence-corrected chi connectivity index (χ1v) is 9.00. The van der Waals surface area contributed by atoms with Crippen molar-refractivity contribution in [2.24, 2.45) is 0 Å². The summed E-state index contributed by atoms with van der Waals surface area (Å²) in [5.74, 6) is 1.24. The van der Waals surface area contributed by atoms with Crippen LogP contribution in [0.15, 0.2) is 18.2 Å². The topological polar surface area (TPSA) is 54.0 Å². The molecule has 1 fully saturated rings. The van der Waals surface area contributed by atoms with E-state index in [9.17, 15) is 4.79 Å². The van der Waals surface area contributed by atoms with Gasteiger partial charge in [0.1, 0.15) is 0 Å². The Bertz CT molecular complexity index is 583. The summed E-state index contributed by atoms with van der Waals surface area (Å²) >= 11 is 0. The molecule has 1 amide bonds. The van der Waals surface area contributed by atoms with Gasteiger partial charge in [0, 0.05) is 46.3 Å². The molecule has 26 heavy (non-hydrogen) atoms. The van der Waals surface area contributed by atoms with E-state index in [0.717, 1.165) is 26.2 Å². The standard InChI is InChI=1S/C19H31N3O3.ClH/c1-6-24-18-11-16(13-22-10-9-20-14(2)12-22)7-8-17(18)25-15(3)19(23)21(4)5;/h7-8,11,14-15,20H,6,9-10,12-13H2,1-5H3;1H/t14-,15?;/m1./s1. The lowest BCUT2D eigenvalue weighted by Gasteiger charge is -2.32. The molecule has 1 aliphatic rings. The van der Waals surface area contributed by atoms with Crippen LogP contribution >= 0.6 is 12.4 Å². The molecule has 0 aliphatic carbocycles. The Morgan fingerprint density at radius 2 is 2.12 bits per heavy atom. The Morgan fingerprint density at radius 3 is 2.73 bits per heavy atom. The van der Waals surface area contributed by atoms with E-state index in [0.29, 0.717) is 24.1 Å². The Balaban J connectivity index is 0.00000338. The number of rotatable bonds is 7. The minimum Gasteiger partial charge on any atom is -0.490 e. The zero-order valence-corrected chi connectivity index (χ0v) is 17.3. The van der Waals surface area contributed by atoms with Gasteiger partial charge in [-0.05, 0) is 38.5 Å². The molecule has 1 N–H and O–H groups in total. The van der Waals surface area contributed by atoms with Crippen molar-refractivity contribution in [1.29, 1.82) is 0 Å². The van der Waals surface area contributed by atoms with Crippen molar-refractivity contribution in [1.82, 2.24) is 15.1 Å². The minimum absolute atomic E-state index is 0. The summed E-state index contributed by atoms with van der Waals surface area (Å²) in [4.78, 5) is 16.0. The highest BCUT2D eigenvalue weighted by Gasteiger charge is 2.20. The SMILES string of the molecule is CCOc1cc(CN2CCN[C@H](C)C2)ccc1OC(C)C(=O)N(C)C.Cl. The van der Waals surface area contributed by atoms with Crippen LogP contribution in [0, 0.1) is 0 Å². The van der Waals surface area contributed by atoms with E-state index in [2.05, 4.69) is 23.2 Å². The van der Waals surface area contributed by atoms with E-state index in [-0.39, 0.29) is 18.3 Å². The van der Waals surface area contributed by atoms with Gasteiger partial charge in [0.25, 0.3) is 5.91 Å². The number of hydrogen-bond acceptors (Lipinski definition) is 5. The van der Waals surface area contributed by atoms with Gasteiger partial charge in [-0.15, -0.1) is 12.4 Å². The molecule has 6 nitrogen and oxygen atoms in total. The first-order valence-electron chi connectivity index (χ1n) is 9.00. The fourth-order valence-electron chi connectivity index (χ4n) is 3.03. The summed E-state index contributed by atoms with van der Waals surface area (Å²) in [6, 6.07) is 6.50. The average molecular weight is 386 g/mol. The highest BCUT2D eigenvalue weighted by molar-refractivity contribution is 5.85. The number of carbonyl (C=O) groups excluding carboxylic acids is 1. The Morgan fingerprint density at radius 1 is 1.38 bits per heavy atom. The first kappa shape index (κ1) is 22.5. The highest BCUT2D eigenvalue weighted by atomic mass is 35.5. The number of carbonyl (C=O) groups is 1. The average Bonchev–Trinajstić information content (AvgIpc) is 2.56. The number of likely N-dealkylation sites (N-methyl/N-ethyl adjacent to an activating group) is 1. The Kier molecular flexibility index (Phi) is 9.19. The van der Waals surface area contributed by atoms with Gasteiger partial charge >= 0.3 is 0 Å². The molecule has 1 aromatic rings. The van der Waals surface area contributed by atoms with Gasteiger partial charge in [0.2, 0.25) is 0 Å². The van der Waals surface area contributed by atoms with Gasteiger partial charge < -0.3 is 19.7 Å². The summed E-state index contributed by atoms with van der Waals surface area (Å²) in [6.45, 7) is 10.5. The summed E-state index contributed by atoms with van der Waals surface area (Å²) in [7, 11) is 3.45. The maximum Gasteiger partial charge on any atom is 0.262 e. The second-order valence-corrected chi connectivity index (χ2v) is 6.80. The first-order chi connectivity index (χ1) is 11.9. The Labute approximate surface area is 163 Å². The van der Waals surface area contributed by atoms with Crippen LogP contribution in [-0.4, -0.2) is 68.2 Å². The zero-order valence-electron chi connectivity index (χ0n) is 16.4. The summed E-state index contributed by atoms with van der Waals surface area (Å²) in [6.07, 6.45) is -0.547. The summed E-state index contributed by atoms with van der Waals surface area (Å²) in [5.41, 5.74) is 1.19. The number of nitrogens with one attached hydrogen (secondary N) is 1. The quantitative estimate of drug-likeness (QED) is 0.779. The molecular weight excluding hydrogens is 354 g/mol. The third-order valence-electron chi connectivity index (χ3n) is 4.26. The molecule has 0 bridgehead atoms. The molecule has 1 aliphatic heterocycles. The maximum absolute atomic E-state index is 12.0. The number of halogens is 1. The number of piperazine rings is 1. The lowest BCUT2D eigenvalue weighted by Crippen LogP contribution is -2.48. The van der Waals surface area contributed by atoms with Gasteiger partial charge in [0.05, 0.1) is 6.61 Å². The molecule has 148 valence electrons. The zero-order chi connectivity index (χ0) is 18.4. The molecular formula is C19H32ClN3O3. The van der Waals surface area contributed by atoms with Crippen LogP contribution in [0.4, 0.5) is 0 Å². The number of hydrogen-bond donors (Lipinski definition) is 1. The van der Waals surface area contributed by atoms with E-state index in [1.54, 1.807) is 21.0 Å². The summed E-state index contributed by atoms with van der Waals surface area (Å²) < 4.78 is 11.6. The van der Waals surface area contributed by atoms with Crippen LogP contribution in [0.25, 0.3) is 0 Å². The van der Waals surface area contributed by atoms with Crippen LogP contribution < -0.4 is 14.8 Å². The van der Waals surface area contributed by atoms with Gasteiger partial charge in [-0.2, -0.15) is 0 Å². The second kappa shape index (κ2) is 10.6. The van der Waals surface area contributed by atoms with Crippen molar-refractivity contribution in [3.63, 3.8) is 0 Å². The molecule has 1 heterocycles. The van der Waals surface area contributed by atoms with Crippen LogP contribution in [-0.2, 0) is 11.3 Å². The predicted molar refractivity (Wildman–Crippen MR) is 106 cm³/mol. The fourth-order valence-corrected chi connectivity index (χ4v) is 3.03. The second-order valence-electron chi connectivity index (χ2n) is 6.80. The van der Waals surface area contributed by atoms with Crippen molar-refractivity contribution in [2.45, 2.75) is 39.5 Å². The van der Waals surface area contributed by atoms with Crippen molar-refractivity contribution < 1.29 is 14.3 Å². The van der Waals surface area contributed by atoms with Gasteiger partial charge in [0.15, 0.2) is 17.6 Å². The Hall–Kier alpha value is -1.50. The molecule has 1 saturated heterocycles. The molecule has 1 unspecified atom stereocenters. The maximum atomic E-state index is 12.0. The molecule has 0 aromatic heterocycles. The van der Waals surface area contributed by atoms with Crippen molar-refractivity contribution in [2.75, 3.05) is 40.3 Å². The predicted octanol–water partition coefficient (Wildman–Crippen LogP) is 2.16. The van der Waals surface area contributed by atoms with E-state index in [4.69, 9.17) is 9.47 Å². The molecule has 2 atom stereocenters. The van der Waals surface area contributed by atoms with Crippen LogP contribution in [0.3, 0.4) is 0 Å². The van der Waals surface area contributed by atoms with Crippen LogP contribution in [0.5, 0.6) is 11.5 Å². The normalized spacial score (nSPS) is 18.6. The molecule has 2 rings (SSSR count). The van der Waals surface area contributed by atoms with E-state index in [1.165, 1.54) is 10.5 Å². The minimum atomic E-state index is -0.547. The lowest BCUT2D eigenvalue weighted by molar-refractivity contribution is -0.135. The third-order valence-corrected chi connectivity index (χ3v) is 4.26. The van der Waals surface area contributed by atoms with Crippen molar-refractivity contribution in [3.05, 3.63) is 23.8 Å². The molecule has 7 heteroatoms. The number of nitrogens with zero attached hydrogens (tertiary/aromatic N) is 2. The largest absolute Gasteiger partial charge is 0.490 e. The highest BCUT2D eigenvalue weighted by Crippen LogP contribution is 2.30. The van der Waals surface area contributed by atoms with Crippen LogP contribution in [0.2, 0.25) is 0 Å². The third kappa shape index (κ3) is 6.34. The van der Waals surface area contributed by atoms with E-state index in [1.807, 2.05) is 19.1 Å². The smallest absolute Gasteiger partial charge is 0.262 e. The molecule has 0 spiro atoms. The van der Waals surface area contributed by atoms with Crippen LogP contribution in [0.1, 0.15) is 26.3 Å². The lowest BCUT2D eigenvalue weighted by atomic mass is 10.1. The number of ether oxygens (including phenoxy) is 2. The molecule has 0 saturated carbocycles. The van der Waals surface area contributed by atoms with E-state index < -0.39 is 6.10 Å². The number of amides is 1. The van der Waals surface area contributed by atoms with E-state index >= 15 is 0 Å². The van der Waals surface area contributed by atoms with Crippen molar-refractivity contribution in [3.8, 4) is 11.5 Å². The fraction of sp³-hybridized carbons (Fsp3) is 0.632. The monoisotopic (exact) mass is 385 g/mol.